The van der Waals surface area contributed by atoms with Crippen LogP contribution in [-0.4, -0.2) is 19.9 Å². The van der Waals surface area contributed by atoms with Crippen LogP contribution < -0.4 is 0 Å². The Labute approximate surface area is 772 Å². The normalized spacial score (nSPS) is 11.0. The van der Waals surface area contributed by atoms with Crippen molar-refractivity contribution in [3.63, 3.8) is 0 Å². The fourth-order valence-corrected chi connectivity index (χ4v) is 18.0. The van der Waals surface area contributed by atoms with Crippen LogP contribution in [0.4, 0.5) is 0 Å². The van der Waals surface area contributed by atoms with Crippen LogP contribution in [0, 0.1) is 0 Å². The minimum absolute atomic E-state index is 0.658. The van der Waals surface area contributed by atoms with Gasteiger partial charge in [0.2, 0.25) is 0 Å². The van der Waals surface area contributed by atoms with Crippen LogP contribution in [0.2, 0.25) is 0 Å². The standard InChI is InChI=1S/2C64H44N2/c1-7-21-45(22-8-1)56-33-19-20-34-59(56)63-44-62(50-31-17-6-18-32-50)65-64(66-63)55-40-53(51-35-37-57(46-23-9-2-10-24-46)60(42-51)48-27-13-4-14-28-48)39-54(41-55)52-36-38-58(47-25-11-3-12-26-47)61(43-52)49-29-15-5-16-30-49;1-7-19-45(20-8-1)46-31-33-52(34-32-46)63-44-62(51-29-17-6-18-30-51)65-64(66-63)57-40-55(53-35-37-58(47-21-9-2-10-22-47)60(42-53)49-25-13-4-14-26-49)39-56(41-57)54-36-38-59(48-23-11-3-12-24-48)61(43-54)50-27-15-5-16-28-50/h2*1-44H. The summed E-state index contributed by atoms with van der Waals surface area (Å²) in [4.78, 5) is 21.6. The van der Waals surface area contributed by atoms with E-state index in [0.717, 1.165) is 117 Å². The Balaban J connectivity index is 0.000000159. The lowest BCUT2D eigenvalue weighted by Crippen LogP contribution is -1.98. The van der Waals surface area contributed by atoms with Gasteiger partial charge < -0.3 is 0 Å². The number of benzene rings is 20. The number of hydrogen-bond acceptors (Lipinski definition) is 4. The van der Waals surface area contributed by atoms with Gasteiger partial charge in [0.05, 0.1) is 22.8 Å². The average Bonchev–Trinajstić information content (AvgIpc) is 0.766. The summed E-state index contributed by atoms with van der Waals surface area (Å²) >= 11 is 0. The third-order valence-electron chi connectivity index (χ3n) is 24.6. The molecule has 22 aromatic rings. The van der Waals surface area contributed by atoms with Crippen molar-refractivity contribution in [2.75, 3.05) is 0 Å². The molecule has 0 aliphatic carbocycles. The second-order valence-electron chi connectivity index (χ2n) is 33.1. The number of nitrogens with zero attached hydrogens (tertiary/aromatic N) is 4. The van der Waals surface area contributed by atoms with E-state index in [0.29, 0.717) is 11.6 Å². The minimum atomic E-state index is 0.658. The topological polar surface area (TPSA) is 51.6 Å². The van der Waals surface area contributed by atoms with E-state index in [1.165, 1.54) is 94.6 Å². The largest absolute Gasteiger partial charge is 0.228 e. The molecule has 0 N–H and O–H groups in total. The molecule has 0 aliphatic rings. The molecule has 2 aromatic heterocycles. The fourth-order valence-electron chi connectivity index (χ4n) is 18.0. The van der Waals surface area contributed by atoms with Crippen molar-refractivity contribution in [2.45, 2.75) is 0 Å². The fraction of sp³-hybridized carbons (Fsp3) is 0. The summed E-state index contributed by atoms with van der Waals surface area (Å²) in [6, 6.07) is 190. The summed E-state index contributed by atoms with van der Waals surface area (Å²) < 4.78 is 0. The lowest BCUT2D eigenvalue weighted by molar-refractivity contribution is 1.18. The van der Waals surface area contributed by atoms with Crippen molar-refractivity contribution in [1.82, 2.24) is 19.9 Å². The highest BCUT2D eigenvalue weighted by Crippen LogP contribution is 2.46. The van der Waals surface area contributed by atoms with Gasteiger partial charge in [0.15, 0.2) is 11.6 Å². The van der Waals surface area contributed by atoms with Crippen molar-refractivity contribution >= 4 is 0 Å². The molecule has 4 nitrogen and oxygen atoms in total. The molecule has 0 unspecified atom stereocenters. The van der Waals surface area contributed by atoms with Crippen LogP contribution in [0.5, 0.6) is 0 Å². The summed E-state index contributed by atoms with van der Waals surface area (Å²) in [5.41, 5.74) is 41.6. The maximum atomic E-state index is 5.48. The highest BCUT2D eigenvalue weighted by Gasteiger charge is 2.23. The van der Waals surface area contributed by atoms with Gasteiger partial charge in [-0.3, -0.25) is 0 Å². The minimum Gasteiger partial charge on any atom is -0.228 e. The van der Waals surface area contributed by atoms with Crippen molar-refractivity contribution in [3.8, 4) is 224 Å². The Bertz CT molecular complexity index is 7470. The summed E-state index contributed by atoms with van der Waals surface area (Å²) in [5.74, 6) is 1.32. The van der Waals surface area contributed by atoms with Gasteiger partial charge in [0.1, 0.15) is 0 Å². The van der Waals surface area contributed by atoms with E-state index in [9.17, 15) is 0 Å². The Hall–Kier alpha value is -17.4. The Kier molecular flexibility index (Phi) is 23.5. The number of rotatable bonds is 20. The predicted molar refractivity (Wildman–Crippen MR) is 553 cm³/mol. The molecule has 0 atom stereocenters. The average molecular weight is 1680 g/mol. The van der Waals surface area contributed by atoms with Crippen LogP contribution in [0.15, 0.2) is 534 Å². The zero-order chi connectivity index (χ0) is 88.1. The molecule has 0 amide bonds. The van der Waals surface area contributed by atoms with E-state index in [-0.39, 0.29) is 0 Å². The zero-order valence-electron chi connectivity index (χ0n) is 72.6. The molecule has 20 aromatic carbocycles. The van der Waals surface area contributed by atoms with Gasteiger partial charge >= 0.3 is 0 Å². The molecule has 4 heteroatoms. The van der Waals surface area contributed by atoms with Crippen LogP contribution in [-0.2, 0) is 0 Å². The highest BCUT2D eigenvalue weighted by atomic mass is 14.9. The molecule has 0 saturated carbocycles. The summed E-state index contributed by atoms with van der Waals surface area (Å²) in [7, 11) is 0. The third-order valence-corrected chi connectivity index (χ3v) is 24.6. The molecule has 0 radical (unpaired) electrons. The number of hydrogen-bond donors (Lipinski definition) is 0. The highest BCUT2D eigenvalue weighted by molar-refractivity contribution is 5.96. The van der Waals surface area contributed by atoms with Gasteiger partial charge in [-0.2, -0.15) is 0 Å². The first kappa shape index (κ1) is 81.6. The first-order valence-corrected chi connectivity index (χ1v) is 44.9. The smallest absolute Gasteiger partial charge is 0.160 e. The Morgan fingerprint density at radius 1 is 0.0833 bits per heavy atom. The zero-order valence-corrected chi connectivity index (χ0v) is 72.6. The van der Waals surface area contributed by atoms with E-state index in [1.54, 1.807) is 0 Å². The molecule has 0 saturated heterocycles. The molecule has 0 spiro atoms. The molecule has 2 heterocycles. The summed E-state index contributed by atoms with van der Waals surface area (Å²) in [5, 5.41) is 0. The molecule has 132 heavy (non-hydrogen) atoms. The molecule has 22 rings (SSSR count). The van der Waals surface area contributed by atoms with Crippen LogP contribution in [0.3, 0.4) is 0 Å². The second-order valence-corrected chi connectivity index (χ2v) is 33.1. The molecule has 0 aliphatic heterocycles. The van der Waals surface area contributed by atoms with Gasteiger partial charge in [-0.1, -0.05) is 461 Å². The Morgan fingerprint density at radius 2 is 0.250 bits per heavy atom. The molecular weight excluding hydrogens is 1590 g/mol. The Morgan fingerprint density at radius 3 is 0.515 bits per heavy atom. The quantitative estimate of drug-likeness (QED) is 0.0763. The van der Waals surface area contributed by atoms with Crippen LogP contribution >= 0.6 is 0 Å². The van der Waals surface area contributed by atoms with Crippen LogP contribution in [0.1, 0.15) is 0 Å². The maximum absolute atomic E-state index is 5.48. The van der Waals surface area contributed by atoms with Gasteiger partial charge in [-0.15, -0.1) is 0 Å². The van der Waals surface area contributed by atoms with Crippen LogP contribution in [0.25, 0.3) is 224 Å². The van der Waals surface area contributed by atoms with E-state index in [1.807, 2.05) is 12.1 Å². The van der Waals surface area contributed by atoms with E-state index < -0.39 is 0 Å². The lowest BCUT2D eigenvalue weighted by atomic mass is 9.88. The van der Waals surface area contributed by atoms with E-state index >= 15 is 0 Å². The molecular formula is C128H88N4. The maximum Gasteiger partial charge on any atom is 0.160 e. The van der Waals surface area contributed by atoms with Crippen molar-refractivity contribution in [1.29, 1.82) is 0 Å². The molecule has 620 valence electrons. The molecule has 0 fully saturated rings. The van der Waals surface area contributed by atoms with Gasteiger partial charge in [-0.25, -0.2) is 19.9 Å². The first-order valence-electron chi connectivity index (χ1n) is 44.9. The van der Waals surface area contributed by atoms with E-state index in [4.69, 9.17) is 19.9 Å². The van der Waals surface area contributed by atoms with Gasteiger partial charge in [0.25, 0.3) is 0 Å². The van der Waals surface area contributed by atoms with Crippen molar-refractivity contribution < 1.29 is 0 Å². The lowest BCUT2D eigenvalue weighted by Gasteiger charge is -2.17. The van der Waals surface area contributed by atoms with Crippen molar-refractivity contribution in [2.24, 2.45) is 0 Å². The first-order chi connectivity index (χ1) is 65.4. The SMILES string of the molecule is c1ccc(-c2cc(-c3ccccc3-c3ccccc3)nc(-c3cc(-c4ccc(-c5ccccc5)c(-c5ccccc5)c4)cc(-c4ccc(-c5ccccc5)c(-c5ccccc5)c4)c3)n2)cc1.c1ccc(-c2ccc(-c3cc(-c4ccccc4)nc(-c4cc(-c5ccc(-c6ccccc6)c(-c6ccccc6)c5)cc(-c5ccc(-c6ccccc6)c(-c6ccccc6)c5)c4)n3)cc2)cc1. The van der Waals surface area contributed by atoms with Crippen molar-refractivity contribution in [3.05, 3.63) is 534 Å². The van der Waals surface area contributed by atoms with Gasteiger partial charge in [0, 0.05) is 33.4 Å². The number of aromatic nitrogens is 4. The third kappa shape index (κ3) is 17.9. The van der Waals surface area contributed by atoms with E-state index in [2.05, 4.69) is 522 Å². The predicted octanol–water partition coefficient (Wildman–Crippen LogP) is 34.3. The van der Waals surface area contributed by atoms with Gasteiger partial charge in [-0.05, 0) is 229 Å². The monoisotopic (exact) mass is 1680 g/mol. The second kappa shape index (κ2) is 38.0. The summed E-state index contributed by atoms with van der Waals surface area (Å²) in [6.45, 7) is 0. The molecule has 0 bridgehead atoms. The summed E-state index contributed by atoms with van der Waals surface area (Å²) in [6.07, 6.45) is 0.